The van der Waals surface area contributed by atoms with Gasteiger partial charge in [0.05, 0.1) is 19.1 Å². The van der Waals surface area contributed by atoms with Gasteiger partial charge in [0.2, 0.25) is 0 Å². The molecule has 0 unspecified atom stereocenters. The Labute approximate surface area is 87.2 Å². The third-order valence-corrected chi connectivity index (χ3v) is 2.10. The van der Waals surface area contributed by atoms with Crippen LogP contribution in [0.5, 0.6) is 5.75 Å². The predicted molar refractivity (Wildman–Crippen MR) is 55.3 cm³/mol. The van der Waals surface area contributed by atoms with Crippen molar-refractivity contribution in [3.63, 3.8) is 0 Å². The maximum absolute atomic E-state index is 8.83. The van der Waals surface area contributed by atoms with E-state index in [9.17, 15) is 0 Å². The SMILES string of the molecule is COc1cccc(-c2[nH]cnc2C#N)c1. The maximum atomic E-state index is 8.83. The van der Waals surface area contributed by atoms with Crippen molar-refractivity contribution < 1.29 is 4.74 Å². The molecule has 0 aliphatic carbocycles. The van der Waals surface area contributed by atoms with Crippen LogP contribution in [-0.4, -0.2) is 17.1 Å². The first-order valence-corrected chi connectivity index (χ1v) is 4.43. The fourth-order valence-electron chi connectivity index (χ4n) is 1.38. The molecule has 1 heterocycles. The maximum Gasteiger partial charge on any atom is 0.166 e. The minimum absolute atomic E-state index is 0.392. The fourth-order valence-corrected chi connectivity index (χ4v) is 1.38. The molecule has 0 aliphatic heterocycles. The van der Waals surface area contributed by atoms with Crippen LogP contribution in [0.3, 0.4) is 0 Å². The second-order valence-corrected chi connectivity index (χ2v) is 2.97. The Hall–Kier alpha value is -2.28. The number of methoxy groups -OCH3 is 1. The van der Waals surface area contributed by atoms with E-state index < -0.39 is 0 Å². The number of nitriles is 1. The second kappa shape index (κ2) is 3.84. The Morgan fingerprint density at radius 1 is 1.47 bits per heavy atom. The van der Waals surface area contributed by atoms with E-state index in [4.69, 9.17) is 10.00 Å². The molecule has 1 aromatic carbocycles. The molecule has 0 saturated heterocycles. The number of aromatic amines is 1. The van der Waals surface area contributed by atoms with Crippen LogP contribution < -0.4 is 4.74 Å². The normalized spacial score (nSPS) is 9.60. The monoisotopic (exact) mass is 199 g/mol. The number of nitrogens with zero attached hydrogens (tertiary/aromatic N) is 2. The van der Waals surface area contributed by atoms with Crippen molar-refractivity contribution in [2.75, 3.05) is 7.11 Å². The number of hydrogen-bond acceptors (Lipinski definition) is 3. The van der Waals surface area contributed by atoms with Gasteiger partial charge in [-0.3, -0.25) is 0 Å². The number of hydrogen-bond donors (Lipinski definition) is 1. The lowest BCUT2D eigenvalue weighted by molar-refractivity contribution is 0.415. The molecule has 2 rings (SSSR count). The lowest BCUT2D eigenvalue weighted by Gasteiger charge is -2.02. The fraction of sp³-hybridized carbons (Fsp3) is 0.0909. The summed E-state index contributed by atoms with van der Waals surface area (Å²) in [4.78, 5) is 6.84. The van der Waals surface area contributed by atoms with Crippen LogP contribution in [0, 0.1) is 11.3 Å². The van der Waals surface area contributed by atoms with E-state index >= 15 is 0 Å². The number of aromatic nitrogens is 2. The molecule has 4 nitrogen and oxygen atoms in total. The van der Waals surface area contributed by atoms with Crippen LogP contribution in [-0.2, 0) is 0 Å². The van der Waals surface area contributed by atoms with Crippen molar-refractivity contribution in [3.8, 4) is 23.1 Å². The van der Waals surface area contributed by atoms with E-state index in [0.717, 1.165) is 17.0 Å². The third kappa shape index (κ3) is 1.67. The van der Waals surface area contributed by atoms with Gasteiger partial charge in [0.15, 0.2) is 5.69 Å². The molecule has 74 valence electrons. The van der Waals surface area contributed by atoms with Gasteiger partial charge in [-0.1, -0.05) is 12.1 Å². The number of benzene rings is 1. The summed E-state index contributed by atoms with van der Waals surface area (Å²) in [5.74, 6) is 0.756. The summed E-state index contributed by atoms with van der Waals surface area (Å²) in [6.07, 6.45) is 1.51. The number of nitrogens with one attached hydrogen (secondary N) is 1. The minimum atomic E-state index is 0.392. The van der Waals surface area contributed by atoms with E-state index in [1.807, 2.05) is 30.3 Å². The summed E-state index contributed by atoms with van der Waals surface area (Å²) in [6, 6.07) is 9.51. The van der Waals surface area contributed by atoms with Gasteiger partial charge in [-0.05, 0) is 12.1 Å². The Balaban J connectivity index is 2.50. The summed E-state index contributed by atoms with van der Waals surface area (Å²) < 4.78 is 5.11. The zero-order valence-corrected chi connectivity index (χ0v) is 8.19. The molecule has 0 amide bonds. The lowest BCUT2D eigenvalue weighted by Crippen LogP contribution is -1.85. The molecule has 0 aliphatic rings. The summed E-state index contributed by atoms with van der Waals surface area (Å²) in [5.41, 5.74) is 2.00. The summed E-state index contributed by atoms with van der Waals surface area (Å²) in [6.45, 7) is 0. The Morgan fingerprint density at radius 2 is 2.33 bits per heavy atom. The van der Waals surface area contributed by atoms with Crippen molar-refractivity contribution in [1.29, 1.82) is 5.26 Å². The third-order valence-electron chi connectivity index (χ3n) is 2.10. The molecule has 0 bridgehead atoms. The van der Waals surface area contributed by atoms with Gasteiger partial charge in [0.1, 0.15) is 11.8 Å². The number of rotatable bonds is 2. The lowest BCUT2D eigenvalue weighted by atomic mass is 10.1. The zero-order valence-electron chi connectivity index (χ0n) is 8.19. The average molecular weight is 199 g/mol. The molecular weight excluding hydrogens is 190 g/mol. The topological polar surface area (TPSA) is 61.7 Å². The second-order valence-electron chi connectivity index (χ2n) is 2.97. The highest BCUT2D eigenvalue weighted by Gasteiger charge is 2.07. The molecular formula is C11H9N3O. The highest BCUT2D eigenvalue weighted by molar-refractivity contribution is 5.66. The summed E-state index contributed by atoms with van der Waals surface area (Å²) in [5, 5.41) is 8.83. The molecule has 4 heteroatoms. The molecule has 15 heavy (non-hydrogen) atoms. The number of ether oxygens (including phenoxy) is 1. The van der Waals surface area contributed by atoms with Gasteiger partial charge in [-0.15, -0.1) is 0 Å². The minimum Gasteiger partial charge on any atom is -0.497 e. The van der Waals surface area contributed by atoms with E-state index in [2.05, 4.69) is 9.97 Å². The smallest absolute Gasteiger partial charge is 0.166 e. The van der Waals surface area contributed by atoms with Crippen LogP contribution in [0.2, 0.25) is 0 Å². The van der Waals surface area contributed by atoms with Gasteiger partial charge in [0, 0.05) is 5.56 Å². The number of imidazole rings is 1. The Bertz CT molecular complexity index is 511. The van der Waals surface area contributed by atoms with Crippen molar-refractivity contribution in [2.45, 2.75) is 0 Å². The highest BCUT2D eigenvalue weighted by atomic mass is 16.5. The summed E-state index contributed by atoms with van der Waals surface area (Å²) >= 11 is 0. The Morgan fingerprint density at radius 3 is 3.07 bits per heavy atom. The van der Waals surface area contributed by atoms with Crippen LogP contribution in [0.1, 0.15) is 5.69 Å². The molecule has 0 spiro atoms. The molecule has 0 saturated carbocycles. The van der Waals surface area contributed by atoms with Crippen molar-refractivity contribution >= 4 is 0 Å². The first-order valence-electron chi connectivity index (χ1n) is 4.43. The van der Waals surface area contributed by atoms with Gasteiger partial charge in [-0.2, -0.15) is 5.26 Å². The molecule has 0 atom stereocenters. The molecule has 0 radical (unpaired) electrons. The zero-order chi connectivity index (χ0) is 10.7. The van der Waals surface area contributed by atoms with Gasteiger partial charge < -0.3 is 9.72 Å². The van der Waals surface area contributed by atoms with Gasteiger partial charge >= 0.3 is 0 Å². The van der Waals surface area contributed by atoms with Crippen molar-refractivity contribution in [3.05, 3.63) is 36.3 Å². The Kier molecular flexibility index (Phi) is 2.38. The first kappa shape index (κ1) is 9.28. The van der Waals surface area contributed by atoms with Crippen molar-refractivity contribution in [1.82, 2.24) is 9.97 Å². The van der Waals surface area contributed by atoms with E-state index in [1.165, 1.54) is 6.33 Å². The highest BCUT2D eigenvalue weighted by Crippen LogP contribution is 2.23. The average Bonchev–Trinajstić information content (AvgIpc) is 2.77. The standard InChI is InChI=1S/C11H9N3O/c1-15-9-4-2-3-8(5-9)11-10(6-12)13-7-14-11/h2-5,7H,1H3,(H,13,14). The quantitative estimate of drug-likeness (QED) is 0.804. The van der Waals surface area contributed by atoms with E-state index in [1.54, 1.807) is 7.11 Å². The van der Waals surface area contributed by atoms with Crippen LogP contribution in [0.25, 0.3) is 11.3 Å². The largest absolute Gasteiger partial charge is 0.497 e. The molecule has 0 fully saturated rings. The molecule has 1 aromatic heterocycles. The number of H-pyrrole nitrogens is 1. The van der Waals surface area contributed by atoms with Gasteiger partial charge in [0.25, 0.3) is 0 Å². The predicted octanol–water partition coefficient (Wildman–Crippen LogP) is 1.96. The van der Waals surface area contributed by atoms with E-state index in [0.29, 0.717) is 5.69 Å². The van der Waals surface area contributed by atoms with Crippen LogP contribution >= 0.6 is 0 Å². The van der Waals surface area contributed by atoms with Crippen LogP contribution in [0.4, 0.5) is 0 Å². The summed E-state index contributed by atoms with van der Waals surface area (Å²) in [7, 11) is 1.61. The van der Waals surface area contributed by atoms with Crippen molar-refractivity contribution in [2.24, 2.45) is 0 Å². The van der Waals surface area contributed by atoms with E-state index in [-0.39, 0.29) is 0 Å². The van der Waals surface area contributed by atoms with Gasteiger partial charge in [-0.25, -0.2) is 4.98 Å². The molecule has 1 N–H and O–H groups in total. The van der Waals surface area contributed by atoms with Crippen LogP contribution in [0.15, 0.2) is 30.6 Å². The molecule has 2 aromatic rings. The first-order chi connectivity index (χ1) is 7.35.